The van der Waals surface area contributed by atoms with Crippen LogP contribution < -0.4 is 5.73 Å². The van der Waals surface area contributed by atoms with Crippen LogP contribution in [0.2, 0.25) is 0 Å². The lowest BCUT2D eigenvalue weighted by molar-refractivity contribution is -0.0304. The second kappa shape index (κ2) is 5.46. The lowest BCUT2D eigenvalue weighted by Crippen LogP contribution is -2.46. The summed E-state index contributed by atoms with van der Waals surface area (Å²) in [4.78, 5) is 0.108. The van der Waals surface area contributed by atoms with E-state index in [0.29, 0.717) is 0 Å². The number of anilines is 1. The maximum Gasteiger partial charge on any atom is 0.245 e. The third-order valence-corrected chi connectivity index (χ3v) is 5.03. The molecule has 6 nitrogen and oxygen atoms in total. The van der Waals surface area contributed by atoms with Crippen LogP contribution in [0.3, 0.4) is 0 Å². The van der Waals surface area contributed by atoms with Gasteiger partial charge in [0, 0.05) is 13.1 Å². The van der Waals surface area contributed by atoms with Gasteiger partial charge in [0.1, 0.15) is 4.90 Å². The molecule has 1 aliphatic rings. The Bertz CT molecular complexity index is 559. The van der Waals surface area contributed by atoms with E-state index < -0.39 is 16.1 Å². The van der Waals surface area contributed by atoms with Crippen molar-refractivity contribution in [1.82, 2.24) is 4.31 Å². The minimum atomic E-state index is -3.64. The highest BCUT2D eigenvalue weighted by molar-refractivity contribution is 7.89. The van der Waals surface area contributed by atoms with Crippen LogP contribution in [0.1, 0.15) is 5.56 Å². The minimum absolute atomic E-state index is 0.108. The highest BCUT2D eigenvalue weighted by Gasteiger charge is 2.31. The molecule has 0 aromatic heterocycles. The van der Waals surface area contributed by atoms with E-state index in [-0.39, 0.29) is 36.9 Å². The molecule has 0 saturated carbocycles. The number of nitrogen functional groups attached to an aromatic ring is 1. The van der Waals surface area contributed by atoms with Gasteiger partial charge < -0.3 is 15.6 Å². The number of nitrogens with two attached hydrogens (primary N) is 1. The number of aryl methyl sites for hydroxylation is 1. The van der Waals surface area contributed by atoms with Gasteiger partial charge in [-0.15, -0.1) is 0 Å². The molecule has 1 fully saturated rings. The molecule has 2 rings (SSSR count). The van der Waals surface area contributed by atoms with Crippen molar-refractivity contribution in [3.05, 3.63) is 23.8 Å². The second-order valence-corrected chi connectivity index (χ2v) is 6.49. The van der Waals surface area contributed by atoms with Crippen LogP contribution in [0.4, 0.5) is 5.69 Å². The SMILES string of the molecule is Cc1ccc(S(=O)(=O)N2CCOC(CO)C2)c(N)c1. The fraction of sp³-hybridized carbons (Fsp3) is 0.500. The van der Waals surface area contributed by atoms with Gasteiger partial charge in [-0.1, -0.05) is 6.07 Å². The predicted octanol–water partition coefficient (Wildman–Crippen LogP) is -0.0410. The lowest BCUT2D eigenvalue weighted by Gasteiger charge is -2.31. The van der Waals surface area contributed by atoms with E-state index in [4.69, 9.17) is 15.6 Å². The van der Waals surface area contributed by atoms with Gasteiger partial charge >= 0.3 is 0 Å². The monoisotopic (exact) mass is 286 g/mol. The first-order valence-electron chi connectivity index (χ1n) is 6.04. The lowest BCUT2D eigenvalue weighted by atomic mass is 10.2. The number of aliphatic hydroxyl groups is 1. The summed E-state index contributed by atoms with van der Waals surface area (Å²) in [6.07, 6.45) is -0.477. The Hall–Kier alpha value is -1.15. The Balaban J connectivity index is 2.31. The molecule has 7 heteroatoms. The van der Waals surface area contributed by atoms with Crippen molar-refractivity contribution in [2.24, 2.45) is 0 Å². The highest BCUT2D eigenvalue weighted by Crippen LogP contribution is 2.24. The molecule has 1 unspecified atom stereocenters. The summed E-state index contributed by atoms with van der Waals surface area (Å²) < 4.78 is 31.5. The quantitative estimate of drug-likeness (QED) is 0.761. The molecule has 1 atom stereocenters. The molecular weight excluding hydrogens is 268 g/mol. The first-order chi connectivity index (χ1) is 8.95. The number of morpholine rings is 1. The topological polar surface area (TPSA) is 92.9 Å². The van der Waals surface area contributed by atoms with Crippen LogP contribution >= 0.6 is 0 Å². The van der Waals surface area contributed by atoms with Crippen molar-refractivity contribution in [2.45, 2.75) is 17.9 Å². The first-order valence-corrected chi connectivity index (χ1v) is 7.48. The highest BCUT2D eigenvalue weighted by atomic mass is 32.2. The van der Waals surface area contributed by atoms with Crippen molar-refractivity contribution in [3.8, 4) is 0 Å². The van der Waals surface area contributed by atoms with E-state index in [9.17, 15) is 8.42 Å². The zero-order valence-electron chi connectivity index (χ0n) is 10.7. The summed E-state index contributed by atoms with van der Waals surface area (Å²) >= 11 is 0. The molecule has 1 aromatic carbocycles. The zero-order valence-corrected chi connectivity index (χ0v) is 11.6. The van der Waals surface area contributed by atoms with Crippen molar-refractivity contribution in [2.75, 3.05) is 32.0 Å². The average Bonchev–Trinajstić information content (AvgIpc) is 2.38. The summed E-state index contributed by atoms with van der Waals surface area (Å²) in [6, 6.07) is 4.87. The van der Waals surface area contributed by atoms with E-state index in [1.165, 1.54) is 10.4 Å². The third kappa shape index (κ3) is 2.89. The van der Waals surface area contributed by atoms with Crippen LogP contribution in [0.5, 0.6) is 0 Å². The van der Waals surface area contributed by atoms with Gasteiger partial charge in [0.2, 0.25) is 10.0 Å². The predicted molar refractivity (Wildman–Crippen MR) is 71.2 cm³/mol. The van der Waals surface area contributed by atoms with E-state index in [1.54, 1.807) is 12.1 Å². The first kappa shape index (κ1) is 14.3. The normalized spacial score (nSPS) is 21.5. The number of hydrogen-bond acceptors (Lipinski definition) is 5. The summed E-state index contributed by atoms with van der Waals surface area (Å²) in [6.45, 7) is 2.34. The van der Waals surface area contributed by atoms with E-state index in [0.717, 1.165) is 5.56 Å². The van der Waals surface area contributed by atoms with Crippen LogP contribution in [0.15, 0.2) is 23.1 Å². The number of ether oxygens (including phenoxy) is 1. The van der Waals surface area contributed by atoms with Gasteiger partial charge in [0.25, 0.3) is 0 Å². The van der Waals surface area contributed by atoms with E-state index >= 15 is 0 Å². The average molecular weight is 286 g/mol. The van der Waals surface area contributed by atoms with Crippen LogP contribution in [0.25, 0.3) is 0 Å². The molecule has 0 bridgehead atoms. The zero-order chi connectivity index (χ0) is 14.0. The molecule has 0 spiro atoms. The summed E-state index contributed by atoms with van der Waals surface area (Å²) in [5.41, 5.74) is 6.95. The van der Waals surface area contributed by atoms with Gasteiger partial charge in [0.05, 0.1) is 25.0 Å². The maximum absolute atomic E-state index is 12.5. The molecule has 1 saturated heterocycles. The van der Waals surface area contributed by atoms with E-state index in [2.05, 4.69) is 0 Å². The number of sulfonamides is 1. The van der Waals surface area contributed by atoms with Crippen LogP contribution in [0, 0.1) is 6.92 Å². The molecule has 3 N–H and O–H groups in total. The second-order valence-electron chi connectivity index (χ2n) is 4.58. The van der Waals surface area contributed by atoms with Crippen LogP contribution in [-0.4, -0.2) is 50.2 Å². The Kier molecular flexibility index (Phi) is 4.10. The van der Waals surface area contributed by atoms with E-state index in [1.807, 2.05) is 6.92 Å². The Morgan fingerprint density at radius 2 is 2.26 bits per heavy atom. The standard InChI is InChI=1S/C12H18N2O4S/c1-9-2-3-12(11(13)6-9)19(16,17)14-4-5-18-10(7-14)8-15/h2-3,6,10,15H,4-5,7-8,13H2,1H3. The van der Waals surface area contributed by atoms with Crippen molar-refractivity contribution >= 4 is 15.7 Å². The van der Waals surface area contributed by atoms with Crippen molar-refractivity contribution in [3.63, 3.8) is 0 Å². The molecule has 1 aliphatic heterocycles. The fourth-order valence-electron chi connectivity index (χ4n) is 2.06. The number of nitrogens with zero attached hydrogens (tertiary/aromatic N) is 1. The molecule has 0 amide bonds. The van der Waals surface area contributed by atoms with Crippen molar-refractivity contribution < 1.29 is 18.3 Å². The minimum Gasteiger partial charge on any atom is -0.398 e. The van der Waals surface area contributed by atoms with Gasteiger partial charge in [0.15, 0.2) is 0 Å². The molecule has 106 valence electrons. The Morgan fingerprint density at radius 1 is 1.53 bits per heavy atom. The maximum atomic E-state index is 12.5. The molecule has 0 radical (unpaired) electrons. The Morgan fingerprint density at radius 3 is 2.89 bits per heavy atom. The third-order valence-electron chi connectivity index (χ3n) is 3.09. The number of benzene rings is 1. The largest absolute Gasteiger partial charge is 0.398 e. The summed E-state index contributed by atoms with van der Waals surface area (Å²) in [5.74, 6) is 0. The molecule has 1 aromatic rings. The van der Waals surface area contributed by atoms with Gasteiger partial charge in [-0.3, -0.25) is 0 Å². The number of aliphatic hydroxyl groups excluding tert-OH is 1. The van der Waals surface area contributed by atoms with Crippen molar-refractivity contribution in [1.29, 1.82) is 0 Å². The smallest absolute Gasteiger partial charge is 0.245 e. The van der Waals surface area contributed by atoms with Gasteiger partial charge in [-0.25, -0.2) is 8.42 Å². The number of hydrogen-bond donors (Lipinski definition) is 2. The summed E-state index contributed by atoms with van der Waals surface area (Å²) in [5, 5.41) is 9.06. The number of rotatable bonds is 3. The molecule has 0 aliphatic carbocycles. The molecule has 1 heterocycles. The van der Waals surface area contributed by atoms with Gasteiger partial charge in [-0.05, 0) is 24.6 Å². The molecule has 19 heavy (non-hydrogen) atoms. The van der Waals surface area contributed by atoms with Crippen LogP contribution in [-0.2, 0) is 14.8 Å². The fourth-order valence-corrected chi connectivity index (χ4v) is 3.62. The van der Waals surface area contributed by atoms with Gasteiger partial charge in [-0.2, -0.15) is 4.31 Å². The molecular formula is C12H18N2O4S. The Labute approximate surface area is 112 Å². The summed E-state index contributed by atoms with van der Waals surface area (Å²) in [7, 11) is -3.64.